The number of carboxylic acids is 1. The fraction of sp³-hybridized carbons (Fsp3) is 0.857. The Balaban J connectivity index is 2.23. The molecule has 1 rings (SSSR count). The molecule has 0 saturated heterocycles. The molecule has 0 aromatic heterocycles. The van der Waals surface area contributed by atoms with Gasteiger partial charge in [0.15, 0.2) is 0 Å². The van der Waals surface area contributed by atoms with Crippen molar-refractivity contribution in [1.82, 2.24) is 10.6 Å². The second-order valence-corrected chi connectivity index (χ2v) is 5.89. The number of hydrogen-bond donors (Lipinski definition) is 3. The van der Waals surface area contributed by atoms with E-state index in [0.717, 1.165) is 12.8 Å². The molecule has 0 aliphatic heterocycles. The van der Waals surface area contributed by atoms with Gasteiger partial charge in [0.2, 0.25) is 0 Å². The number of carbonyl (C=O) groups excluding carboxylic acids is 1. The molecule has 1 aliphatic rings. The van der Waals surface area contributed by atoms with E-state index in [4.69, 9.17) is 9.84 Å². The number of nitrogens with one attached hydrogen (secondary N) is 2. The van der Waals surface area contributed by atoms with E-state index in [1.807, 2.05) is 0 Å². The lowest BCUT2D eigenvalue weighted by molar-refractivity contribution is -0.139. The van der Waals surface area contributed by atoms with Crippen LogP contribution >= 0.6 is 0 Å². The van der Waals surface area contributed by atoms with Gasteiger partial charge in [0.25, 0.3) is 0 Å². The zero-order valence-electron chi connectivity index (χ0n) is 12.4. The van der Waals surface area contributed by atoms with Crippen LogP contribution in [-0.4, -0.2) is 43.4 Å². The molecule has 2 amide bonds. The maximum atomic E-state index is 11.7. The highest BCUT2D eigenvalue weighted by Crippen LogP contribution is 2.34. The number of carboxylic acid groups (broad SMARTS) is 1. The van der Waals surface area contributed by atoms with Crippen molar-refractivity contribution in [3.63, 3.8) is 0 Å². The van der Waals surface area contributed by atoms with Crippen molar-refractivity contribution < 1.29 is 19.4 Å². The molecule has 6 nitrogen and oxygen atoms in total. The third-order valence-electron chi connectivity index (χ3n) is 3.96. The van der Waals surface area contributed by atoms with Crippen LogP contribution in [0.3, 0.4) is 0 Å². The smallest absolute Gasteiger partial charge is 0.314 e. The van der Waals surface area contributed by atoms with E-state index in [9.17, 15) is 9.59 Å². The molecular weight excluding hydrogens is 260 g/mol. The Labute approximate surface area is 120 Å². The van der Waals surface area contributed by atoms with Crippen LogP contribution in [0.15, 0.2) is 0 Å². The van der Waals surface area contributed by atoms with Gasteiger partial charge in [-0.3, -0.25) is 4.79 Å². The van der Waals surface area contributed by atoms with E-state index in [2.05, 4.69) is 17.6 Å². The molecule has 0 spiro atoms. The number of methoxy groups -OCH3 is 1. The van der Waals surface area contributed by atoms with Gasteiger partial charge < -0.3 is 20.5 Å². The second kappa shape index (κ2) is 8.09. The monoisotopic (exact) mass is 286 g/mol. The van der Waals surface area contributed by atoms with Crippen molar-refractivity contribution >= 4 is 12.0 Å². The molecule has 0 aromatic carbocycles. The fourth-order valence-electron chi connectivity index (χ4n) is 2.58. The van der Waals surface area contributed by atoms with Gasteiger partial charge in [-0.25, -0.2) is 4.79 Å². The molecule has 1 unspecified atom stereocenters. The van der Waals surface area contributed by atoms with E-state index in [-0.39, 0.29) is 24.4 Å². The highest BCUT2D eigenvalue weighted by molar-refractivity contribution is 5.74. The Morgan fingerprint density at radius 1 is 1.25 bits per heavy atom. The Hall–Kier alpha value is -1.30. The van der Waals surface area contributed by atoms with Crippen LogP contribution in [0.2, 0.25) is 0 Å². The van der Waals surface area contributed by atoms with Gasteiger partial charge in [-0.2, -0.15) is 0 Å². The van der Waals surface area contributed by atoms with Gasteiger partial charge in [-0.1, -0.05) is 26.2 Å². The van der Waals surface area contributed by atoms with Crippen LogP contribution in [0.25, 0.3) is 0 Å². The Kier molecular flexibility index (Phi) is 6.78. The highest BCUT2D eigenvalue weighted by atomic mass is 16.5. The van der Waals surface area contributed by atoms with E-state index in [1.165, 1.54) is 26.4 Å². The summed E-state index contributed by atoms with van der Waals surface area (Å²) in [5, 5.41) is 14.2. The standard InChI is InChI=1S/C14H26N2O4/c1-14(6-4-3-5-7-14)10-16-13(19)15-9-11(20-2)8-12(17)18/h11H,3-10H2,1-2H3,(H,17,18)(H2,15,16,19). The van der Waals surface area contributed by atoms with Crippen LogP contribution in [0.5, 0.6) is 0 Å². The largest absolute Gasteiger partial charge is 0.481 e. The molecule has 1 saturated carbocycles. The molecule has 0 heterocycles. The third kappa shape index (κ3) is 6.23. The van der Waals surface area contributed by atoms with Gasteiger partial charge >= 0.3 is 12.0 Å². The van der Waals surface area contributed by atoms with Crippen LogP contribution in [-0.2, 0) is 9.53 Å². The molecule has 20 heavy (non-hydrogen) atoms. The predicted molar refractivity (Wildman–Crippen MR) is 75.6 cm³/mol. The highest BCUT2D eigenvalue weighted by Gasteiger charge is 2.27. The lowest BCUT2D eigenvalue weighted by Crippen LogP contribution is -2.44. The average Bonchev–Trinajstić information content (AvgIpc) is 2.41. The average molecular weight is 286 g/mol. The molecule has 1 aliphatic carbocycles. The lowest BCUT2D eigenvalue weighted by Gasteiger charge is -2.33. The van der Waals surface area contributed by atoms with Gasteiger partial charge in [0.05, 0.1) is 12.5 Å². The molecule has 116 valence electrons. The quantitative estimate of drug-likeness (QED) is 0.665. The summed E-state index contributed by atoms with van der Waals surface area (Å²) in [5.41, 5.74) is 0.192. The second-order valence-electron chi connectivity index (χ2n) is 5.89. The topological polar surface area (TPSA) is 87.7 Å². The maximum absolute atomic E-state index is 11.7. The summed E-state index contributed by atoms with van der Waals surface area (Å²) >= 11 is 0. The van der Waals surface area contributed by atoms with Crippen LogP contribution in [0, 0.1) is 5.41 Å². The molecule has 3 N–H and O–H groups in total. The van der Waals surface area contributed by atoms with E-state index in [1.54, 1.807) is 0 Å². The normalized spacial score (nSPS) is 19.1. The minimum atomic E-state index is -0.936. The van der Waals surface area contributed by atoms with Crippen molar-refractivity contribution in [3.8, 4) is 0 Å². The third-order valence-corrected chi connectivity index (χ3v) is 3.96. The zero-order chi connectivity index (χ0) is 15.0. The number of aliphatic carboxylic acids is 1. The van der Waals surface area contributed by atoms with Gasteiger partial charge in [-0.15, -0.1) is 0 Å². The summed E-state index contributed by atoms with van der Waals surface area (Å²) in [6.07, 6.45) is 5.42. The first kappa shape index (κ1) is 16.8. The molecular formula is C14H26N2O4. The maximum Gasteiger partial charge on any atom is 0.314 e. The summed E-state index contributed by atoms with van der Waals surface area (Å²) in [5.74, 6) is -0.936. The Morgan fingerprint density at radius 3 is 2.45 bits per heavy atom. The number of urea groups is 1. The molecule has 1 fully saturated rings. The van der Waals surface area contributed by atoms with Crippen molar-refractivity contribution in [3.05, 3.63) is 0 Å². The summed E-state index contributed by atoms with van der Waals surface area (Å²) in [7, 11) is 1.44. The van der Waals surface area contributed by atoms with Gasteiger partial charge in [0.1, 0.15) is 0 Å². The molecule has 6 heteroatoms. The number of ether oxygens (including phenoxy) is 1. The molecule has 1 atom stereocenters. The predicted octanol–water partition coefficient (Wildman–Crippen LogP) is 1.75. The number of hydrogen-bond acceptors (Lipinski definition) is 3. The van der Waals surface area contributed by atoms with Gasteiger partial charge in [0, 0.05) is 20.2 Å². The van der Waals surface area contributed by atoms with Crippen LogP contribution in [0.4, 0.5) is 4.79 Å². The molecule has 0 aromatic rings. The Morgan fingerprint density at radius 2 is 1.90 bits per heavy atom. The van der Waals surface area contributed by atoms with E-state index >= 15 is 0 Å². The fourth-order valence-corrected chi connectivity index (χ4v) is 2.58. The summed E-state index contributed by atoms with van der Waals surface area (Å²) in [6, 6.07) is -0.260. The summed E-state index contributed by atoms with van der Waals surface area (Å²) < 4.78 is 5.00. The van der Waals surface area contributed by atoms with Gasteiger partial charge in [-0.05, 0) is 18.3 Å². The van der Waals surface area contributed by atoms with E-state index in [0.29, 0.717) is 6.54 Å². The van der Waals surface area contributed by atoms with E-state index < -0.39 is 12.1 Å². The first-order valence-corrected chi connectivity index (χ1v) is 7.21. The van der Waals surface area contributed by atoms with Crippen molar-refractivity contribution in [2.45, 2.75) is 51.6 Å². The summed E-state index contributed by atoms with van der Waals surface area (Å²) in [4.78, 5) is 22.3. The minimum absolute atomic E-state index is 0.117. The number of amides is 2. The molecule has 0 bridgehead atoms. The van der Waals surface area contributed by atoms with Crippen LogP contribution < -0.4 is 10.6 Å². The minimum Gasteiger partial charge on any atom is -0.481 e. The van der Waals surface area contributed by atoms with Crippen molar-refractivity contribution in [1.29, 1.82) is 0 Å². The van der Waals surface area contributed by atoms with Crippen molar-refractivity contribution in [2.24, 2.45) is 5.41 Å². The summed E-state index contributed by atoms with van der Waals surface area (Å²) in [6.45, 7) is 3.07. The first-order chi connectivity index (χ1) is 9.45. The van der Waals surface area contributed by atoms with Crippen LogP contribution in [0.1, 0.15) is 45.4 Å². The van der Waals surface area contributed by atoms with Crippen molar-refractivity contribution in [2.75, 3.05) is 20.2 Å². The Bertz CT molecular complexity index is 327. The molecule has 0 radical (unpaired) electrons. The lowest BCUT2D eigenvalue weighted by atomic mass is 9.76. The number of carbonyl (C=O) groups is 2. The SMILES string of the molecule is COC(CNC(=O)NCC1(C)CCCCC1)CC(=O)O. The number of rotatable bonds is 7. The zero-order valence-corrected chi connectivity index (χ0v) is 12.4. The first-order valence-electron chi connectivity index (χ1n) is 7.21.